The highest BCUT2D eigenvalue weighted by molar-refractivity contribution is 7.89. The van der Waals surface area contributed by atoms with E-state index in [0.717, 1.165) is 5.56 Å². The fourth-order valence-electron chi connectivity index (χ4n) is 1.92. The van der Waals surface area contributed by atoms with Crippen LogP contribution in [0.15, 0.2) is 39.9 Å². The molecule has 0 aliphatic heterocycles. The van der Waals surface area contributed by atoms with Crippen molar-refractivity contribution in [2.75, 3.05) is 20.8 Å². The fourth-order valence-corrected chi connectivity index (χ4v) is 4.08. The van der Waals surface area contributed by atoms with Crippen molar-refractivity contribution in [1.29, 1.82) is 0 Å². The lowest BCUT2D eigenvalue weighted by molar-refractivity contribution is 0.107. The lowest BCUT2D eigenvalue weighted by atomic mass is 10.2. The van der Waals surface area contributed by atoms with Crippen LogP contribution in [-0.4, -0.2) is 29.2 Å². The van der Waals surface area contributed by atoms with Crippen LogP contribution in [0.4, 0.5) is 0 Å². The Morgan fingerprint density at radius 3 is 2.68 bits per heavy atom. The van der Waals surface area contributed by atoms with Crippen LogP contribution in [0, 0.1) is 0 Å². The van der Waals surface area contributed by atoms with E-state index in [1.165, 1.54) is 37.7 Å². The number of sulfonamides is 1. The molecule has 1 N–H and O–H groups in total. The first-order valence-corrected chi connectivity index (χ1v) is 9.16. The van der Waals surface area contributed by atoms with Crippen molar-refractivity contribution in [1.82, 2.24) is 4.72 Å². The first-order valence-electron chi connectivity index (χ1n) is 6.36. The number of nitrogens with one attached hydrogen (secondary N) is 1. The number of ether oxygens (including phenoxy) is 2. The van der Waals surface area contributed by atoms with Gasteiger partial charge in [0.1, 0.15) is 10.6 Å². The third-order valence-electron chi connectivity index (χ3n) is 3.07. The summed E-state index contributed by atoms with van der Waals surface area (Å²) in [5.74, 6) is 0.237. The summed E-state index contributed by atoms with van der Waals surface area (Å²) in [5.41, 5.74) is 0.924. The van der Waals surface area contributed by atoms with Gasteiger partial charge in [-0.15, -0.1) is 0 Å². The number of rotatable bonds is 7. The van der Waals surface area contributed by atoms with Crippen LogP contribution < -0.4 is 9.46 Å². The van der Waals surface area contributed by atoms with Crippen LogP contribution in [0.5, 0.6) is 5.75 Å². The van der Waals surface area contributed by atoms with Gasteiger partial charge in [-0.25, -0.2) is 13.1 Å². The molecule has 0 radical (unpaired) electrons. The van der Waals surface area contributed by atoms with Gasteiger partial charge < -0.3 is 9.47 Å². The molecule has 2 aromatic rings. The molecule has 0 fully saturated rings. The summed E-state index contributed by atoms with van der Waals surface area (Å²) in [4.78, 5) is 0.00247. The summed E-state index contributed by atoms with van der Waals surface area (Å²) in [5, 5.41) is 4.15. The van der Waals surface area contributed by atoms with Crippen molar-refractivity contribution in [2.24, 2.45) is 0 Å². The van der Waals surface area contributed by atoms with E-state index >= 15 is 0 Å². The zero-order valence-electron chi connectivity index (χ0n) is 12.1. The number of hydrogen-bond donors (Lipinski definition) is 1. The third kappa shape index (κ3) is 3.99. The molecular formula is C14H16ClNO4S2. The van der Waals surface area contributed by atoms with Gasteiger partial charge >= 0.3 is 0 Å². The van der Waals surface area contributed by atoms with Gasteiger partial charge in [0, 0.05) is 18.7 Å². The SMILES string of the molecule is COc1ccc(Cl)cc1S(=O)(=O)NCC(OC)c1ccsc1. The van der Waals surface area contributed by atoms with E-state index < -0.39 is 10.0 Å². The highest BCUT2D eigenvalue weighted by atomic mass is 35.5. The van der Waals surface area contributed by atoms with Crippen molar-refractivity contribution in [2.45, 2.75) is 11.0 Å². The van der Waals surface area contributed by atoms with E-state index in [1.807, 2.05) is 16.8 Å². The molecule has 0 aliphatic rings. The second-order valence-corrected chi connectivity index (χ2v) is 7.38. The second-order valence-electron chi connectivity index (χ2n) is 4.43. The Bertz CT molecular complexity index is 716. The Balaban J connectivity index is 2.19. The van der Waals surface area contributed by atoms with E-state index in [2.05, 4.69) is 4.72 Å². The molecule has 0 spiro atoms. The van der Waals surface area contributed by atoms with Gasteiger partial charge in [0.05, 0.1) is 13.2 Å². The average molecular weight is 362 g/mol. The number of thiophene rings is 1. The molecule has 0 bridgehead atoms. The summed E-state index contributed by atoms with van der Waals surface area (Å²) in [6, 6.07) is 6.34. The Kier molecular flexibility index (Phi) is 5.82. The molecule has 0 saturated carbocycles. The topological polar surface area (TPSA) is 64.6 Å². The molecule has 5 nitrogen and oxygen atoms in total. The molecule has 1 heterocycles. The van der Waals surface area contributed by atoms with E-state index in [-0.39, 0.29) is 23.3 Å². The molecular weight excluding hydrogens is 346 g/mol. The number of methoxy groups -OCH3 is 2. The summed E-state index contributed by atoms with van der Waals surface area (Å²) in [6.45, 7) is 0.116. The molecule has 8 heteroatoms. The van der Waals surface area contributed by atoms with Crippen molar-refractivity contribution < 1.29 is 17.9 Å². The maximum absolute atomic E-state index is 12.5. The van der Waals surface area contributed by atoms with Gasteiger partial charge in [-0.1, -0.05) is 11.6 Å². The minimum absolute atomic E-state index is 0.00247. The summed E-state index contributed by atoms with van der Waals surface area (Å²) >= 11 is 7.41. The summed E-state index contributed by atoms with van der Waals surface area (Å²) in [7, 11) is -0.811. The predicted octanol–water partition coefficient (Wildman–Crippen LogP) is 3.08. The standard InChI is InChI=1S/C14H16ClNO4S2/c1-19-12-4-3-11(15)7-14(12)22(17,18)16-8-13(20-2)10-5-6-21-9-10/h3-7,9,13,16H,8H2,1-2H3. The predicted molar refractivity (Wildman–Crippen MR) is 87.3 cm³/mol. The Morgan fingerprint density at radius 2 is 2.09 bits per heavy atom. The number of halogens is 1. The molecule has 1 aromatic heterocycles. The highest BCUT2D eigenvalue weighted by Crippen LogP contribution is 2.27. The Labute approximate surface area is 138 Å². The van der Waals surface area contributed by atoms with E-state index in [0.29, 0.717) is 5.02 Å². The maximum atomic E-state index is 12.5. The first-order chi connectivity index (χ1) is 10.5. The van der Waals surface area contributed by atoms with E-state index in [4.69, 9.17) is 21.1 Å². The molecule has 0 aliphatic carbocycles. The molecule has 0 saturated heterocycles. The molecule has 22 heavy (non-hydrogen) atoms. The zero-order valence-corrected chi connectivity index (χ0v) is 14.5. The largest absolute Gasteiger partial charge is 0.495 e. The van der Waals surface area contributed by atoms with Crippen LogP contribution >= 0.6 is 22.9 Å². The third-order valence-corrected chi connectivity index (χ3v) is 5.45. The van der Waals surface area contributed by atoms with Crippen molar-refractivity contribution in [3.63, 3.8) is 0 Å². The minimum Gasteiger partial charge on any atom is -0.495 e. The van der Waals surface area contributed by atoms with Crippen molar-refractivity contribution >= 4 is 33.0 Å². The molecule has 1 aromatic carbocycles. The van der Waals surface area contributed by atoms with Crippen molar-refractivity contribution in [3.05, 3.63) is 45.6 Å². The van der Waals surface area contributed by atoms with E-state index in [1.54, 1.807) is 6.07 Å². The maximum Gasteiger partial charge on any atom is 0.244 e. The Hall–Kier alpha value is -1.12. The molecule has 120 valence electrons. The molecule has 0 amide bonds. The van der Waals surface area contributed by atoms with E-state index in [9.17, 15) is 8.42 Å². The van der Waals surface area contributed by atoms with Crippen LogP contribution in [0.2, 0.25) is 5.02 Å². The second kappa shape index (κ2) is 7.43. The molecule has 2 rings (SSSR count). The van der Waals surface area contributed by atoms with Gasteiger partial charge in [-0.3, -0.25) is 0 Å². The lowest BCUT2D eigenvalue weighted by Crippen LogP contribution is -2.29. The minimum atomic E-state index is -3.76. The average Bonchev–Trinajstić information content (AvgIpc) is 3.02. The number of hydrogen-bond acceptors (Lipinski definition) is 5. The zero-order chi connectivity index (χ0) is 16.2. The van der Waals surface area contributed by atoms with Gasteiger partial charge in [0.25, 0.3) is 0 Å². The quantitative estimate of drug-likeness (QED) is 0.823. The molecule has 1 unspecified atom stereocenters. The summed E-state index contributed by atoms with van der Waals surface area (Å²) in [6.07, 6.45) is -0.355. The van der Waals surface area contributed by atoms with Gasteiger partial charge in [-0.05, 0) is 40.6 Å². The van der Waals surface area contributed by atoms with Gasteiger partial charge in [0.15, 0.2) is 0 Å². The highest BCUT2D eigenvalue weighted by Gasteiger charge is 2.22. The van der Waals surface area contributed by atoms with Gasteiger partial charge in [-0.2, -0.15) is 11.3 Å². The van der Waals surface area contributed by atoms with Crippen LogP contribution in [0.1, 0.15) is 11.7 Å². The summed E-state index contributed by atoms with van der Waals surface area (Å²) < 4.78 is 37.8. The van der Waals surface area contributed by atoms with Crippen LogP contribution in [0.3, 0.4) is 0 Å². The Morgan fingerprint density at radius 1 is 1.32 bits per heavy atom. The fraction of sp³-hybridized carbons (Fsp3) is 0.286. The molecule has 1 atom stereocenters. The monoisotopic (exact) mass is 361 g/mol. The normalized spacial score (nSPS) is 13.0. The van der Waals surface area contributed by atoms with Crippen LogP contribution in [0.25, 0.3) is 0 Å². The smallest absolute Gasteiger partial charge is 0.244 e. The van der Waals surface area contributed by atoms with Gasteiger partial charge in [0.2, 0.25) is 10.0 Å². The first kappa shape index (κ1) is 17.2. The number of benzene rings is 1. The van der Waals surface area contributed by atoms with Crippen molar-refractivity contribution in [3.8, 4) is 5.75 Å². The van der Waals surface area contributed by atoms with Crippen LogP contribution in [-0.2, 0) is 14.8 Å². The lowest BCUT2D eigenvalue weighted by Gasteiger charge is -2.16.